The maximum atomic E-state index is 5.85. The van der Waals surface area contributed by atoms with Crippen LogP contribution < -0.4 is 5.73 Å². The van der Waals surface area contributed by atoms with Crippen LogP contribution in [-0.4, -0.2) is 11.9 Å². The Kier molecular flexibility index (Phi) is 1.29. The smallest absolute Gasteiger partial charge is 0.0977 e. The van der Waals surface area contributed by atoms with Gasteiger partial charge >= 0.3 is 0 Å². The number of aliphatic imine (C=N–C) groups is 1. The predicted molar refractivity (Wildman–Crippen MR) is 46.5 cm³/mol. The number of hydrogen-bond acceptors (Lipinski definition) is 1. The summed E-state index contributed by atoms with van der Waals surface area (Å²) >= 11 is 0. The van der Waals surface area contributed by atoms with E-state index in [1.165, 1.54) is 19.3 Å². The first-order valence-corrected chi connectivity index (χ1v) is 4.43. The second-order valence-corrected chi connectivity index (χ2v) is 4.53. The van der Waals surface area contributed by atoms with Gasteiger partial charge in [0, 0.05) is 5.92 Å². The number of nitrogens with two attached hydrogens (primary N) is 1. The van der Waals surface area contributed by atoms with E-state index in [-0.39, 0.29) is 0 Å². The highest BCUT2D eigenvalue weighted by Crippen LogP contribution is 2.51. The van der Waals surface area contributed by atoms with E-state index in [4.69, 9.17) is 5.73 Å². The summed E-state index contributed by atoms with van der Waals surface area (Å²) in [5.41, 5.74) is 6.29. The average molecular weight is 152 g/mol. The van der Waals surface area contributed by atoms with E-state index in [1.54, 1.807) is 0 Å². The molecule has 2 aliphatic rings. The van der Waals surface area contributed by atoms with Gasteiger partial charge in [-0.05, 0) is 24.7 Å². The van der Waals surface area contributed by atoms with Gasteiger partial charge in [0.2, 0.25) is 0 Å². The highest BCUT2D eigenvalue weighted by atomic mass is 14.9. The van der Waals surface area contributed by atoms with Crippen molar-refractivity contribution < 1.29 is 0 Å². The molecule has 0 heterocycles. The third-order valence-corrected chi connectivity index (χ3v) is 2.75. The highest BCUT2D eigenvalue weighted by Gasteiger charge is 2.48. The molecule has 0 radical (unpaired) electrons. The van der Waals surface area contributed by atoms with Crippen molar-refractivity contribution >= 4 is 5.84 Å². The van der Waals surface area contributed by atoms with Crippen molar-refractivity contribution in [2.75, 3.05) is 0 Å². The standard InChI is InChI=1S/C9H16N2/c1-9(2)5-7(9)8(10)11-6-3-4-6/h6-7H,3-5H2,1-2H3,(H2,10,11). The number of nitrogens with zero attached hydrogens (tertiary/aromatic N) is 1. The van der Waals surface area contributed by atoms with Crippen molar-refractivity contribution in [1.82, 2.24) is 0 Å². The van der Waals surface area contributed by atoms with Gasteiger partial charge in [-0.2, -0.15) is 0 Å². The van der Waals surface area contributed by atoms with E-state index in [1.807, 2.05) is 0 Å². The van der Waals surface area contributed by atoms with Crippen LogP contribution in [0.4, 0.5) is 0 Å². The van der Waals surface area contributed by atoms with Crippen molar-refractivity contribution in [1.29, 1.82) is 0 Å². The van der Waals surface area contributed by atoms with Gasteiger partial charge in [-0.1, -0.05) is 13.8 Å². The summed E-state index contributed by atoms with van der Waals surface area (Å²) in [6.07, 6.45) is 3.75. The first-order valence-electron chi connectivity index (χ1n) is 4.43. The Hall–Kier alpha value is -0.530. The highest BCUT2D eigenvalue weighted by molar-refractivity contribution is 5.86. The van der Waals surface area contributed by atoms with E-state index in [2.05, 4.69) is 18.8 Å². The third kappa shape index (κ3) is 1.39. The van der Waals surface area contributed by atoms with Gasteiger partial charge in [0.1, 0.15) is 0 Å². The van der Waals surface area contributed by atoms with Crippen LogP contribution in [-0.2, 0) is 0 Å². The molecule has 62 valence electrons. The Balaban J connectivity index is 1.95. The fourth-order valence-electron chi connectivity index (χ4n) is 1.48. The Labute approximate surface area is 67.9 Å². The fraction of sp³-hybridized carbons (Fsp3) is 0.889. The lowest BCUT2D eigenvalue weighted by molar-refractivity contribution is 0.619. The number of amidine groups is 1. The molecule has 0 bridgehead atoms. The maximum absolute atomic E-state index is 5.85. The molecular weight excluding hydrogens is 136 g/mol. The first-order chi connectivity index (χ1) is 5.09. The monoisotopic (exact) mass is 152 g/mol. The normalized spacial score (nSPS) is 35.5. The second kappa shape index (κ2) is 1.99. The Morgan fingerprint density at radius 1 is 1.45 bits per heavy atom. The van der Waals surface area contributed by atoms with Crippen LogP contribution in [0.3, 0.4) is 0 Å². The molecular formula is C9H16N2. The van der Waals surface area contributed by atoms with E-state index >= 15 is 0 Å². The van der Waals surface area contributed by atoms with Gasteiger partial charge in [0.05, 0.1) is 11.9 Å². The lowest BCUT2D eigenvalue weighted by atomic mass is 10.1. The van der Waals surface area contributed by atoms with Gasteiger partial charge < -0.3 is 5.73 Å². The molecule has 0 aromatic carbocycles. The van der Waals surface area contributed by atoms with Crippen molar-refractivity contribution in [2.24, 2.45) is 22.1 Å². The van der Waals surface area contributed by atoms with E-state index in [0.29, 0.717) is 17.4 Å². The zero-order valence-electron chi connectivity index (χ0n) is 7.30. The minimum atomic E-state index is 0.447. The van der Waals surface area contributed by atoms with E-state index in [9.17, 15) is 0 Å². The van der Waals surface area contributed by atoms with Crippen LogP contribution >= 0.6 is 0 Å². The first kappa shape index (κ1) is 7.14. The molecule has 2 N–H and O–H groups in total. The average Bonchev–Trinajstić information content (AvgIpc) is 2.71. The molecule has 1 atom stereocenters. The molecule has 2 heteroatoms. The molecule has 2 aliphatic carbocycles. The molecule has 2 rings (SSSR count). The van der Waals surface area contributed by atoms with Gasteiger partial charge in [0.15, 0.2) is 0 Å². The number of rotatable bonds is 2. The maximum Gasteiger partial charge on any atom is 0.0977 e. The van der Waals surface area contributed by atoms with E-state index < -0.39 is 0 Å². The van der Waals surface area contributed by atoms with Crippen LogP contribution in [0, 0.1) is 11.3 Å². The molecule has 0 aliphatic heterocycles. The van der Waals surface area contributed by atoms with Crippen LogP contribution in [0.5, 0.6) is 0 Å². The minimum absolute atomic E-state index is 0.447. The lowest BCUT2D eigenvalue weighted by Crippen LogP contribution is -2.17. The van der Waals surface area contributed by atoms with Crippen molar-refractivity contribution in [2.45, 2.75) is 39.2 Å². The Bertz CT molecular complexity index is 202. The SMILES string of the molecule is CC1(C)CC1C(N)=NC1CC1. The summed E-state index contributed by atoms with van der Waals surface area (Å²) in [4.78, 5) is 4.44. The van der Waals surface area contributed by atoms with Crippen LogP contribution in [0.25, 0.3) is 0 Å². The summed E-state index contributed by atoms with van der Waals surface area (Å²) in [7, 11) is 0. The summed E-state index contributed by atoms with van der Waals surface area (Å²) in [6, 6.07) is 0.589. The number of hydrogen-bond donors (Lipinski definition) is 1. The zero-order valence-corrected chi connectivity index (χ0v) is 7.30. The largest absolute Gasteiger partial charge is 0.387 e. The Morgan fingerprint density at radius 3 is 2.36 bits per heavy atom. The van der Waals surface area contributed by atoms with Gasteiger partial charge in [-0.15, -0.1) is 0 Å². The van der Waals surface area contributed by atoms with Crippen molar-refractivity contribution in [3.8, 4) is 0 Å². The van der Waals surface area contributed by atoms with Crippen molar-refractivity contribution in [3.05, 3.63) is 0 Å². The lowest BCUT2D eigenvalue weighted by Gasteiger charge is -2.01. The summed E-state index contributed by atoms with van der Waals surface area (Å²) < 4.78 is 0. The van der Waals surface area contributed by atoms with Crippen molar-refractivity contribution in [3.63, 3.8) is 0 Å². The molecule has 0 aromatic rings. The van der Waals surface area contributed by atoms with Gasteiger partial charge in [0.25, 0.3) is 0 Å². The molecule has 2 saturated carbocycles. The molecule has 0 spiro atoms. The summed E-state index contributed by atoms with van der Waals surface area (Å²) in [5, 5.41) is 0. The topological polar surface area (TPSA) is 38.4 Å². The Morgan fingerprint density at radius 2 is 2.00 bits per heavy atom. The third-order valence-electron chi connectivity index (χ3n) is 2.75. The van der Waals surface area contributed by atoms with Crippen LogP contribution in [0.2, 0.25) is 0 Å². The molecule has 0 saturated heterocycles. The molecule has 2 fully saturated rings. The molecule has 1 unspecified atom stereocenters. The quantitative estimate of drug-likeness (QED) is 0.473. The zero-order chi connectivity index (χ0) is 8.06. The predicted octanol–water partition coefficient (Wildman–Crippen LogP) is 1.55. The molecule has 2 nitrogen and oxygen atoms in total. The summed E-state index contributed by atoms with van der Waals surface area (Å²) in [5.74, 6) is 1.50. The fourth-order valence-corrected chi connectivity index (χ4v) is 1.48. The molecule has 11 heavy (non-hydrogen) atoms. The van der Waals surface area contributed by atoms with E-state index in [0.717, 1.165) is 5.84 Å². The summed E-state index contributed by atoms with van der Waals surface area (Å²) in [6.45, 7) is 4.51. The van der Waals surface area contributed by atoms with Gasteiger partial charge in [-0.3, -0.25) is 4.99 Å². The van der Waals surface area contributed by atoms with Gasteiger partial charge in [-0.25, -0.2) is 0 Å². The van der Waals surface area contributed by atoms with Crippen LogP contribution in [0.1, 0.15) is 33.1 Å². The molecule has 0 aromatic heterocycles. The minimum Gasteiger partial charge on any atom is -0.387 e. The second-order valence-electron chi connectivity index (χ2n) is 4.53. The molecule has 0 amide bonds. The van der Waals surface area contributed by atoms with Crippen LogP contribution in [0.15, 0.2) is 4.99 Å².